The summed E-state index contributed by atoms with van der Waals surface area (Å²) < 4.78 is 0. The summed E-state index contributed by atoms with van der Waals surface area (Å²) in [5.41, 5.74) is 3.62. The van der Waals surface area contributed by atoms with Gasteiger partial charge in [-0.2, -0.15) is 0 Å². The lowest BCUT2D eigenvalue weighted by Crippen LogP contribution is -2.35. The lowest BCUT2D eigenvalue weighted by atomic mass is 10.1. The summed E-state index contributed by atoms with van der Waals surface area (Å²) in [5.74, 6) is -0.387. The quantitative estimate of drug-likeness (QED) is 0.669. The van der Waals surface area contributed by atoms with E-state index in [-0.39, 0.29) is 17.9 Å². The summed E-state index contributed by atoms with van der Waals surface area (Å²) in [4.78, 5) is 27.6. The first-order chi connectivity index (χ1) is 13.5. The van der Waals surface area contributed by atoms with Crippen molar-refractivity contribution in [2.45, 2.75) is 19.4 Å². The summed E-state index contributed by atoms with van der Waals surface area (Å²) in [7, 11) is 0. The van der Waals surface area contributed by atoms with E-state index in [1.807, 2.05) is 36.1 Å². The Hall–Kier alpha value is -3.11. The molecule has 1 aliphatic rings. The average Bonchev–Trinajstić information content (AvgIpc) is 3.03. The number of para-hydroxylation sites is 1. The molecule has 1 unspecified atom stereocenters. The zero-order valence-corrected chi connectivity index (χ0v) is 16.1. The number of amides is 2. The van der Waals surface area contributed by atoms with Crippen molar-refractivity contribution >= 4 is 34.8 Å². The maximum Gasteiger partial charge on any atom is 0.258 e. The maximum absolute atomic E-state index is 13.2. The molecule has 1 N–H and O–H groups in total. The van der Waals surface area contributed by atoms with E-state index in [2.05, 4.69) is 5.32 Å². The predicted molar refractivity (Wildman–Crippen MR) is 112 cm³/mol. The number of carbonyl (C=O) groups excluding carboxylic acids is 2. The van der Waals surface area contributed by atoms with Crippen LogP contribution in [-0.2, 0) is 6.42 Å². The number of halogens is 1. The van der Waals surface area contributed by atoms with Crippen LogP contribution in [0, 0.1) is 0 Å². The third kappa shape index (κ3) is 3.51. The third-order valence-electron chi connectivity index (χ3n) is 4.88. The van der Waals surface area contributed by atoms with Crippen LogP contribution in [0.5, 0.6) is 0 Å². The molecule has 0 saturated heterocycles. The number of benzene rings is 3. The summed E-state index contributed by atoms with van der Waals surface area (Å²) in [6.45, 7) is 2.04. The SMILES string of the molecule is CC1Cc2ccccc2N1C(=O)c1cccc(C(=O)Nc2cccc(Cl)c2)c1. The van der Waals surface area contributed by atoms with Crippen molar-refractivity contribution in [1.82, 2.24) is 0 Å². The minimum absolute atomic E-state index is 0.0776. The van der Waals surface area contributed by atoms with Crippen molar-refractivity contribution in [1.29, 1.82) is 0 Å². The highest BCUT2D eigenvalue weighted by atomic mass is 35.5. The third-order valence-corrected chi connectivity index (χ3v) is 5.12. The molecule has 0 spiro atoms. The van der Waals surface area contributed by atoms with Gasteiger partial charge in [-0.25, -0.2) is 0 Å². The molecule has 0 radical (unpaired) electrons. The molecule has 2 amide bonds. The van der Waals surface area contributed by atoms with Crippen LogP contribution in [0.15, 0.2) is 72.8 Å². The molecule has 1 atom stereocenters. The highest BCUT2D eigenvalue weighted by molar-refractivity contribution is 6.31. The topological polar surface area (TPSA) is 49.4 Å². The van der Waals surface area contributed by atoms with Gasteiger partial charge in [-0.15, -0.1) is 0 Å². The standard InChI is InChI=1S/C23H19ClN2O2/c1-15-12-16-6-2-3-11-21(16)26(15)23(28)18-8-4-7-17(13-18)22(27)25-20-10-5-9-19(24)14-20/h2-11,13-15H,12H2,1H3,(H,25,27). The molecular weight excluding hydrogens is 372 g/mol. The van der Waals surface area contributed by atoms with Crippen molar-refractivity contribution in [3.63, 3.8) is 0 Å². The molecule has 0 saturated carbocycles. The molecular formula is C23H19ClN2O2. The van der Waals surface area contributed by atoms with Crippen LogP contribution < -0.4 is 10.2 Å². The van der Waals surface area contributed by atoms with E-state index in [4.69, 9.17) is 11.6 Å². The van der Waals surface area contributed by atoms with Gasteiger partial charge in [0.25, 0.3) is 11.8 Å². The molecule has 1 heterocycles. The minimum atomic E-state index is -0.285. The van der Waals surface area contributed by atoms with Gasteiger partial charge in [0.05, 0.1) is 0 Å². The lowest BCUT2D eigenvalue weighted by molar-refractivity contribution is 0.0981. The van der Waals surface area contributed by atoms with Crippen molar-refractivity contribution in [2.24, 2.45) is 0 Å². The Morgan fingerprint density at radius 1 is 0.964 bits per heavy atom. The molecule has 0 fully saturated rings. The number of nitrogens with one attached hydrogen (secondary N) is 1. The fourth-order valence-electron chi connectivity index (χ4n) is 3.58. The van der Waals surface area contributed by atoms with Gasteiger partial charge in [0.1, 0.15) is 0 Å². The summed E-state index contributed by atoms with van der Waals surface area (Å²) >= 11 is 5.97. The van der Waals surface area contributed by atoms with E-state index in [1.54, 1.807) is 48.5 Å². The Balaban J connectivity index is 1.58. The molecule has 4 nitrogen and oxygen atoms in total. The molecule has 5 heteroatoms. The molecule has 0 bridgehead atoms. The fraction of sp³-hybridized carbons (Fsp3) is 0.130. The first-order valence-electron chi connectivity index (χ1n) is 9.11. The molecule has 140 valence electrons. The number of fused-ring (bicyclic) bond motifs is 1. The Labute approximate surface area is 168 Å². The molecule has 28 heavy (non-hydrogen) atoms. The Kier molecular flexibility index (Phi) is 4.88. The van der Waals surface area contributed by atoms with Crippen molar-refractivity contribution in [3.05, 3.63) is 94.5 Å². The number of anilines is 2. The molecule has 0 aliphatic carbocycles. The Bertz CT molecular complexity index is 1060. The van der Waals surface area contributed by atoms with Gasteiger partial charge in [-0.1, -0.05) is 41.9 Å². The molecule has 1 aliphatic heterocycles. The van der Waals surface area contributed by atoms with Gasteiger partial charge >= 0.3 is 0 Å². The minimum Gasteiger partial charge on any atom is -0.322 e. The van der Waals surface area contributed by atoms with E-state index >= 15 is 0 Å². The van der Waals surface area contributed by atoms with E-state index in [9.17, 15) is 9.59 Å². The van der Waals surface area contributed by atoms with Crippen LogP contribution in [0.2, 0.25) is 5.02 Å². The number of rotatable bonds is 3. The van der Waals surface area contributed by atoms with Crippen LogP contribution in [0.25, 0.3) is 0 Å². The zero-order chi connectivity index (χ0) is 19.7. The van der Waals surface area contributed by atoms with Crippen molar-refractivity contribution in [2.75, 3.05) is 10.2 Å². The average molecular weight is 391 g/mol. The monoisotopic (exact) mass is 390 g/mol. The zero-order valence-electron chi connectivity index (χ0n) is 15.4. The van der Waals surface area contributed by atoms with Crippen molar-refractivity contribution in [3.8, 4) is 0 Å². The fourth-order valence-corrected chi connectivity index (χ4v) is 3.77. The highest BCUT2D eigenvalue weighted by Gasteiger charge is 2.31. The van der Waals surface area contributed by atoms with Crippen LogP contribution >= 0.6 is 11.6 Å². The molecule has 3 aromatic carbocycles. The first-order valence-corrected chi connectivity index (χ1v) is 9.49. The van der Waals surface area contributed by atoms with Crippen LogP contribution in [0.4, 0.5) is 11.4 Å². The summed E-state index contributed by atoms with van der Waals surface area (Å²) in [6, 6.07) is 21.8. The first kappa shape index (κ1) is 18.3. The summed E-state index contributed by atoms with van der Waals surface area (Å²) in [6.07, 6.45) is 0.830. The molecule has 3 aromatic rings. The number of hydrogen-bond donors (Lipinski definition) is 1. The largest absolute Gasteiger partial charge is 0.322 e. The van der Waals surface area contributed by atoms with Gasteiger partial charge in [-0.05, 0) is 61.4 Å². The van der Waals surface area contributed by atoms with Gasteiger partial charge < -0.3 is 10.2 Å². The van der Waals surface area contributed by atoms with E-state index in [0.717, 1.165) is 12.1 Å². The smallest absolute Gasteiger partial charge is 0.258 e. The summed E-state index contributed by atoms with van der Waals surface area (Å²) in [5, 5.41) is 3.36. The Morgan fingerprint density at radius 2 is 1.71 bits per heavy atom. The van der Waals surface area contributed by atoms with Crippen LogP contribution in [-0.4, -0.2) is 17.9 Å². The van der Waals surface area contributed by atoms with Gasteiger partial charge in [0, 0.05) is 33.6 Å². The second kappa shape index (κ2) is 7.49. The maximum atomic E-state index is 13.2. The molecule has 0 aromatic heterocycles. The van der Waals surface area contributed by atoms with Gasteiger partial charge in [0.2, 0.25) is 0 Å². The Morgan fingerprint density at radius 3 is 2.54 bits per heavy atom. The number of hydrogen-bond acceptors (Lipinski definition) is 2. The van der Waals surface area contributed by atoms with Crippen LogP contribution in [0.3, 0.4) is 0 Å². The van der Waals surface area contributed by atoms with Gasteiger partial charge in [-0.3, -0.25) is 9.59 Å². The van der Waals surface area contributed by atoms with E-state index < -0.39 is 0 Å². The second-order valence-corrected chi connectivity index (χ2v) is 7.34. The highest BCUT2D eigenvalue weighted by Crippen LogP contribution is 2.33. The van der Waals surface area contributed by atoms with Gasteiger partial charge in [0.15, 0.2) is 0 Å². The second-order valence-electron chi connectivity index (χ2n) is 6.90. The number of nitrogens with zero attached hydrogens (tertiary/aromatic N) is 1. The van der Waals surface area contributed by atoms with E-state index in [1.165, 1.54) is 5.56 Å². The lowest BCUT2D eigenvalue weighted by Gasteiger charge is -2.23. The van der Waals surface area contributed by atoms with E-state index in [0.29, 0.717) is 21.8 Å². The van der Waals surface area contributed by atoms with Crippen LogP contribution in [0.1, 0.15) is 33.2 Å². The number of carbonyl (C=O) groups is 2. The predicted octanol–water partition coefficient (Wildman–Crippen LogP) is 5.18. The normalized spacial score (nSPS) is 15.2. The van der Waals surface area contributed by atoms with Crippen molar-refractivity contribution < 1.29 is 9.59 Å². The molecule has 4 rings (SSSR count).